The van der Waals surface area contributed by atoms with Crippen LogP contribution < -0.4 is 4.90 Å². The van der Waals surface area contributed by atoms with Crippen LogP contribution in [0.25, 0.3) is 11.0 Å². The number of piperazine rings is 1. The van der Waals surface area contributed by atoms with Gasteiger partial charge in [0.05, 0.1) is 17.1 Å². The zero-order valence-electron chi connectivity index (χ0n) is 17.9. The summed E-state index contributed by atoms with van der Waals surface area (Å²) < 4.78 is 28.7. The predicted octanol–water partition coefficient (Wildman–Crippen LogP) is 4.54. The quantitative estimate of drug-likeness (QED) is 0.614. The molecular formula is C22H28F2N6. The number of imidazole rings is 1. The largest absolute Gasteiger partial charge is 0.354 e. The fourth-order valence-electron chi connectivity index (χ4n) is 4.06. The van der Waals surface area contributed by atoms with Crippen LogP contribution in [-0.2, 0) is 0 Å². The van der Waals surface area contributed by atoms with Gasteiger partial charge in [0.1, 0.15) is 17.5 Å². The van der Waals surface area contributed by atoms with E-state index in [9.17, 15) is 8.78 Å². The number of hydrogen-bond donors (Lipinski definition) is 0. The Labute approximate surface area is 175 Å². The van der Waals surface area contributed by atoms with E-state index >= 15 is 0 Å². The molecule has 30 heavy (non-hydrogen) atoms. The molecule has 2 aromatic heterocycles. The average Bonchev–Trinajstić information content (AvgIpc) is 3.12. The Kier molecular flexibility index (Phi) is 5.69. The van der Waals surface area contributed by atoms with Gasteiger partial charge in [0, 0.05) is 43.9 Å². The van der Waals surface area contributed by atoms with Crippen LogP contribution >= 0.6 is 0 Å². The Morgan fingerprint density at radius 3 is 2.30 bits per heavy atom. The lowest BCUT2D eigenvalue weighted by molar-refractivity contribution is 0.0641. The highest BCUT2D eigenvalue weighted by molar-refractivity contribution is 5.76. The summed E-state index contributed by atoms with van der Waals surface area (Å²) in [4.78, 5) is 18.3. The summed E-state index contributed by atoms with van der Waals surface area (Å²) in [6.45, 7) is 8.60. The van der Waals surface area contributed by atoms with E-state index in [1.54, 1.807) is 18.2 Å². The van der Waals surface area contributed by atoms with Crippen molar-refractivity contribution in [3.05, 3.63) is 47.7 Å². The Morgan fingerprint density at radius 2 is 1.63 bits per heavy atom. The van der Waals surface area contributed by atoms with Crippen LogP contribution in [0.3, 0.4) is 0 Å². The monoisotopic (exact) mass is 414 g/mol. The van der Waals surface area contributed by atoms with E-state index in [1.807, 2.05) is 26.0 Å². The molecular weight excluding hydrogens is 386 g/mol. The van der Waals surface area contributed by atoms with Gasteiger partial charge in [-0.3, -0.25) is 9.47 Å². The molecule has 160 valence electrons. The number of fused-ring (bicyclic) bond motifs is 1. The molecule has 1 aromatic carbocycles. The molecule has 0 aliphatic carbocycles. The maximum atomic E-state index is 13.8. The van der Waals surface area contributed by atoms with Crippen LogP contribution in [0.15, 0.2) is 30.3 Å². The lowest BCUT2D eigenvalue weighted by Crippen LogP contribution is -2.48. The molecule has 0 spiro atoms. The van der Waals surface area contributed by atoms with Crippen molar-refractivity contribution < 1.29 is 8.78 Å². The highest BCUT2D eigenvalue weighted by Crippen LogP contribution is 2.30. The van der Waals surface area contributed by atoms with Crippen molar-refractivity contribution >= 4 is 16.9 Å². The third kappa shape index (κ3) is 3.88. The van der Waals surface area contributed by atoms with Crippen molar-refractivity contribution in [2.24, 2.45) is 0 Å². The molecule has 0 bridgehead atoms. The smallest absolute Gasteiger partial charge is 0.320 e. The Bertz CT molecular complexity index is 1020. The first-order valence-electron chi connectivity index (χ1n) is 10.4. The van der Waals surface area contributed by atoms with Gasteiger partial charge in [-0.15, -0.1) is 0 Å². The normalized spacial score (nSPS) is 16.7. The molecule has 0 N–H and O–H groups in total. The number of aromatic nitrogens is 4. The third-order valence-corrected chi connectivity index (χ3v) is 5.75. The first-order valence-corrected chi connectivity index (χ1v) is 10.4. The molecule has 4 rings (SSSR count). The van der Waals surface area contributed by atoms with Crippen molar-refractivity contribution in [3.8, 4) is 0 Å². The third-order valence-electron chi connectivity index (χ3n) is 5.75. The number of halogens is 2. The van der Waals surface area contributed by atoms with E-state index in [1.165, 1.54) is 0 Å². The van der Waals surface area contributed by atoms with Crippen molar-refractivity contribution in [2.45, 2.75) is 46.2 Å². The second kappa shape index (κ2) is 8.26. The topological polar surface area (TPSA) is 50.1 Å². The zero-order chi connectivity index (χ0) is 21.4. The first-order chi connectivity index (χ1) is 14.3. The molecule has 0 saturated carbocycles. The predicted molar refractivity (Wildman–Crippen MR) is 114 cm³/mol. The van der Waals surface area contributed by atoms with E-state index in [0.29, 0.717) is 16.9 Å². The number of benzene rings is 1. The van der Waals surface area contributed by atoms with Gasteiger partial charge in [-0.2, -0.15) is 8.78 Å². The molecule has 1 saturated heterocycles. The molecule has 1 atom stereocenters. The molecule has 1 unspecified atom stereocenters. The molecule has 8 heteroatoms. The molecule has 6 nitrogen and oxygen atoms in total. The van der Waals surface area contributed by atoms with Gasteiger partial charge >= 0.3 is 6.55 Å². The number of anilines is 1. The van der Waals surface area contributed by atoms with Gasteiger partial charge < -0.3 is 4.90 Å². The fraction of sp³-hybridized carbons (Fsp3) is 0.500. The summed E-state index contributed by atoms with van der Waals surface area (Å²) in [5.41, 5.74) is 2.05. The molecule has 1 aliphatic rings. The first kappa shape index (κ1) is 20.7. The number of hydrogen-bond acceptors (Lipinski definition) is 5. The Hall–Kier alpha value is -2.61. The second-order valence-electron chi connectivity index (χ2n) is 8.19. The molecule has 3 heterocycles. The van der Waals surface area contributed by atoms with E-state index in [-0.39, 0.29) is 12.0 Å². The molecule has 3 aromatic rings. The van der Waals surface area contributed by atoms with Crippen LogP contribution in [0, 0.1) is 6.92 Å². The maximum absolute atomic E-state index is 13.8. The number of alkyl halides is 2. The minimum atomic E-state index is -2.62. The summed E-state index contributed by atoms with van der Waals surface area (Å²) >= 11 is 0. The number of para-hydroxylation sites is 2. The van der Waals surface area contributed by atoms with E-state index in [4.69, 9.17) is 4.98 Å². The molecule has 0 amide bonds. The summed E-state index contributed by atoms with van der Waals surface area (Å²) in [7, 11) is 0. The van der Waals surface area contributed by atoms with Crippen LogP contribution in [0.2, 0.25) is 0 Å². The summed E-state index contributed by atoms with van der Waals surface area (Å²) in [6, 6.07) is 8.89. The second-order valence-corrected chi connectivity index (χ2v) is 8.19. The summed E-state index contributed by atoms with van der Waals surface area (Å²) in [5, 5.41) is 0. The maximum Gasteiger partial charge on any atom is 0.320 e. The van der Waals surface area contributed by atoms with Gasteiger partial charge in [0.2, 0.25) is 0 Å². The van der Waals surface area contributed by atoms with Gasteiger partial charge in [-0.05, 0) is 26.0 Å². The van der Waals surface area contributed by atoms with Crippen molar-refractivity contribution in [1.82, 2.24) is 24.4 Å². The lowest BCUT2D eigenvalue weighted by Gasteiger charge is -2.38. The van der Waals surface area contributed by atoms with E-state index < -0.39 is 6.55 Å². The SMILES string of the molecule is Cc1cc(N2CCN(C(C)c3nc4ccccc4n3C(F)F)CC2)nc(C(C)C)n1. The average molecular weight is 415 g/mol. The van der Waals surface area contributed by atoms with Crippen LogP contribution in [0.1, 0.15) is 56.6 Å². The van der Waals surface area contributed by atoms with E-state index in [0.717, 1.165) is 48.1 Å². The van der Waals surface area contributed by atoms with Gasteiger partial charge in [0.15, 0.2) is 0 Å². The van der Waals surface area contributed by atoms with Crippen LogP contribution in [0.5, 0.6) is 0 Å². The minimum Gasteiger partial charge on any atom is -0.354 e. The Balaban J connectivity index is 1.52. The standard InChI is InChI=1S/C22H28F2N6/c1-14(2)20-25-15(3)13-19(27-20)29-11-9-28(10-12-29)16(4)21-26-17-7-5-6-8-18(17)30(21)22(23)24/h5-8,13-14,16,22H,9-12H2,1-4H3. The summed E-state index contributed by atoms with van der Waals surface area (Å²) in [5.74, 6) is 2.48. The van der Waals surface area contributed by atoms with Gasteiger partial charge in [-0.1, -0.05) is 26.0 Å². The number of nitrogens with zero attached hydrogens (tertiary/aromatic N) is 6. The number of rotatable bonds is 5. The van der Waals surface area contributed by atoms with Crippen LogP contribution in [-0.4, -0.2) is 50.6 Å². The zero-order valence-corrected chi connectivity index (χ0v) is 17.9. The van der Waals surface area contributed by atoms with Crippen molar-refractivity contribution in [1.29, 1.82) is 0 Å². The van der Waals surface area contributed by atoms with Gasteiger partial charge in [0.25, 0.3) is 0 Å². The highest BCUT2D eigenvalue weighted by atomic mass is 19.3. The fourth-order valence-corrected chi connectivity index (χ4v) is 4.06. The molecule has 0 radical (unpaired) electrons. The highest BCUT2D eigenvalue weighted by Gasteiger charge is 2.28. The Morgan fingerprint density at radius 1 is 0.933 bits per heavy atom. The van der Waals surface area contributed by atoms with Gasteiger partial charge in [-0.25, -0.2) is 15.0 Å². The van der Waals surface area contributed by atoms with E-state index in [2.05, 4.69) is 33.6 Å². The molecule has 1 aliphatic heterocycles. The minimum absolute atomic E-state index is 0.202. The van der Waals surface area contributed by atoms with Crippen molar-refractivity contribution in [3.63, 3.8) is 0 Å². The van der Waals surface area contributed by atoms with Crippen molar-refractivity contribution in [2.75, 3.05) is 31.1 Å². The summed E-state index contributed by atoms with van der Waals surface area (Å²) in [6.07, 6.45) is 0. The van der Waals surface area contributed by atoms with Crippen LogP contribution in [0.4, 0.5) is 14.6 Å². The number of aryl methyl sites for hydroxylation is 1. The molecule has 1 fully saturated rings. The lowest BCUT2D eigenvalue weighted by atomic mass is 10.2.